The van der Waals surface area contributed by atoms with Gasteiger partial charge in [-0.3, -0.25) is 14.5 Å². The van der Waals surface area contributed by atoms with Crippen LogP contribution in [-0.2, 0) is 16.0 Å². The van der Waals surface area contributed by atoms with Gasteiger partial charge in [-0.1, -0.05) is 59.8 Å². The Morgan fingerprint density at radius 2 is 1.81 bits per heavy atom. The van der Waals surface area contributed by atoms with E-state index in [1.807, 2.05) is 18.2 Å². The average Bonchev–Trinajstić information content (AvgIpc) is 2.87. The third-order valence-electron chi connectivity index (χ3n) is 5.55. The van der Waals surface area contributed by atoms with E-state index in [0.717, 1.165) is 12.8 Å². The molecule has 0 bridgehead atoms. The van der Waals surface area contributed by atoms with Crippen LogP contribution >= 0.6 is 23.4 Å². The zero-order valence-corrected chi connectivity index (χ0v) is 20.8. The minimum absolute atomic E-state index is 0.0140. The molecule has 1 heterocycles. The first-order valence-corrected chi connectivity index (χ1v) is 12.6. The normalized spacial score (nSPS) is 16.7. The molecule has 3 aromatic rings. The Labute approximate surface area is 218 Å². The number of aliphatic imine (C=N–C) groups is 1. The van der Waals surface area contributed by atoms with E-state index in [4.69, 9.17) is 11.6 Å². The molecule has 184 valence electrons. The van der Waals surface area contributed by atoms with E-state index in [0.29, 0.717) is 28.1 Å². The number of aromatic carboxylic acids is 1. The minimum atomic E-state index is -1.09. The van der Waals surface area contributed by atoms with E-state index in [9.17, 15) is 19.5 Å². The van der Waals surface area contributed by atoms with E-state index in [2.05, 4.69) is 22.4 Å². The minimum Gasteiger partial charge on any atom is -0.478 e. The van der Waals surface area contributed by atoms with Crippen LogP contribution in [0.25, 0.3) is 0 Å². The number of carbonyl (C=O) groups is 3. The van der Waals surface area contributed by atoms with Crippen molar-refractivity contribution in [2.24, 2.45) is 4.99 Å². The number of carbonyl (C=O) groups excluding carboxylic acids is 2. The number of carboxylic acid groups (broad SMARTS) is 1. The smallest absolute Gasteiger partial charge is 0.335 e. The molecule has 0 radical (unpaired) electrons. The first-order chi connectivity index (χ1) is 17.4. The number of benzene rings is 3. The molecule has 1 aliphatic heterocycles. The quantitative estimate of drug-likeness (QED) is 0.400. The van der Waals surface area contributed by atoms with E-state index in [-0.39, 0.29) is 23.8 Å². The average molecular weight is 522 g/mol. The van der Waals surface area contributed by atoms with Gasteiger partial charge in [-0.05, 0) is 60.9 Å². The van der Waals surface area contributed by atoms with Gasteiger partial charge in [0.25, 0.3) is 0 Å². The highest BCUT2D eigenvalue weighted by Crippen LogP contribution is 2.30. The predicted octanol–water partition coefficient (Wildman–Crippen LogP) is 5.63. The molecule has 7 nitrogen and oxygen atoms in total. The van der Waals surface area contributed by atoms with E-state index in [1.165, 1.54) is 29.5 Å². The third-order valence-corrected chi connectivity index (χ3v) is 6.99. The van der Waals surface area contributed by atoms with Gasteiger partial charge in [0.05, 0.1) is 11.3 Å². The van der Waals surface area contributed by atoms with Crippen molar-refractivity contribution in [2.75, 3.05) is 11.9 Å². The Balaban J connectivity index is 1.51. The summed E-state index contributed by atoms with van der Waals surface area (Å²) in [7, 11) is 0. The van der Waals surface area contributed by atoms with Crippen molar-refractivity contribution in [3.63, 3.8) is 0 Å². The van der Waals surface area contributed by atoms with Gasteiger partial charge in [0, 0.05) is 23.7 Å². The van der Waals surface area contributed by atoms with Crippen LogP contribution in [0.4, 0.5) is 11.4 Å². The predicted molar refractivity (Wildman–Crippen MR) is 143 cm³/mol. The summed E-state index contributed by atoms with van der Waals surface area (Å²) in [5.41, 5.74) is 2.23. The number of hydrogen-bond acceptors (Lipinski definition) is 5. The highest BCUT2D eigenvalue weighted by molar-refractivity contribution is 8.15. The topological polar surface area (TPSA) is 99.1 Å². The van der Waals surface area contributed by atoms with E-state index < -0.39 is 11.2 Å². The Morgan fingerprint density at radius 3 is 2.53 bits per heavy atom. The SMILES string of the molecule is O=C(O)c1cccc(NC(=O)C2CC(=O)N(CCCc3ccccc3)C(=Nc3ccc(Cl)cc3)S2)c1. The van der Waals surface area contributed by atoms with Crippen molar-refractivity contribution in [1.29, 1.82) is 0 Å². The third kappa shape index (κ3) is 6.74. The summed E-state index contributed by atoms with van der Waals surface area (Å²) in [4.78, 5) is 43.7. The van der Waals surface area contributed by atoms with Crippen LogP contribution in [0.5, 0.6) is 0 Å². The lowest BCUT2D eigenvalue weighted by Crippen LogP contribution is -2.45. The Bertz CT molecular complexity index is 1280. The molecule has 0 saturated carbocycles. The number of halogens is 1. The largest absolute Gasteiger partial charge is 0.478 e. The number of nitrogens with zero attached hydrogens (tertiary/aromatic N) is 2. The number of aryl methyl sites for hydroxylation is 1. The molecule has 0 aliphatic carbocycles. The van der Waals surface area contributed by atoms with Gasteiger partial charge in [0.15, 0.2) is 5.17 Å². The number of carboxylic acids is 1. The zero-order chi connectivity index (χ0) is 25.5. The van der Waals surface area contributed by atoms with Gasteiger partial charge in [0.2, 0.25) is 11.8 Å². The molecule has 9 heteroatoms. The van der Waals surface area contributed by atoms with Gasteiger partial charge < -0.3 is 10.4 Å². The Morgan fingerprint density at radius 1 is 1.06 bits per heavy atom. The molecule has 4 rings (SSSR count). The first kappa shape index (κ1) is 25.5. The van der Waals surface area contributed by atoms with Crippen molar-refractivity contribution in [3.8, 4) is 0 Å². The summed E-state index contributed by atoms with van der Waals surface area (Å²) in [6, 6.07) is 23.0. The van der Waals surface area contributed by atoms with Crippen LogP contribution in [0.2, 0.25) is 5.02 Å². The molecule has 3 aromatic carbocycles. The van der Waals surface area contributed by atoms with E-state index >= 15 is 0 Å². The second-order valence-corrected chi connectivity index (χ2v) is 9.80. The molecule has 2 N–H and O–H groups in total. The summed E-state index contributed by atoms with van der Waals surface area (Å²) >= 11 is 7.22. The summed E-state index contributed by atoms with van der Waals surface area (Å²) < 4.78 is 0. The summed E-state index contributed by atoms with van der Waals surface area (Å²) in [6.07, 6.45) is 1.57. The fourth-order valence-corrected chi connectivity index (χ4v) is 4.98. The monoisotopic (exact) mass is 521 g/mol. The van der Waals surface area contributed by atoms with Crippen LogP contribution in [0.15, 0.2) is 83.9 Å². The number of thioether (sulfide) groups is 1. The highest BCUT2D eigenvalue weighted by atomic mass is 35.5. The lowest BCUT2D eigenvalue weighted by Gasteiger charge is -2.32. The fraction of sp³-hybridized carbons (Fsp3) is 0.185. The maximum Gasteiger partial charge on any atom is 0.335 e. The molecule has 1 fully saturated rings. The van der Waals surface area contributed by atoms with Crippen molar-refractivity contribution in [3.05, 3.63) is 95.0 Å². The molecule has 1 unspecified atom stereocenters. The van der Waals surface area contributed by atoms with Crippen molar-refractivity contribution < 1.29 is 19.5 Å². The van der Waals surface area contributed by atoms with Crippen LogP contribution in [-0.4, -0.2) is 44.8 Å². The maximum atomic E-state index is 13.2. The molecular weight excluding hydrogens is 498 g/mol. The molecule has 0 aromatic heterocycles. The van der Waals surface area contributed by atoms with Crippen LogP contribution in [0, 0.1) is 0 Å². The van der Waals surface area contributed by atoms with Crippen molar-refractivity contribution in [1.82, 2.24) is 4.90 Å². The van der Waals surface area contributed by atoms with Gasteiger partial charge in [-0.25, -0.2) is 9.79 Å². The molecule has 2 amide bonds. The van der Waals surface area contributed by atoms with Crippen LogP contribution in [0.3, 0.4) is 0 Å². The summed E-state index contributed by atoms with van der Waals surface area (Å²) in [5, 5.41) is 12.2. The second kappa shape index (κ2) is 11.9. The zero-order valence-electron chi connectivity index (χ0n) is 19.3. The molecule has 0 spiro atoms. The van der Waals surface area contributed by atoms with Crippen molar-refractivity contribution >= 4 is 57.7 Å². The lowest BCUT2D eigenvalue weighted by molar-refractivity contribution is -0.129. The number of nitrogens with one attached hydrogen (secondary N) is 1. The van der Waals surface area contributed by atoms with Gasteiger partial charge in [-0.15, -0.1) is 0 Å². The molecule has 1 aliphatic rings. The standard InChI is InChI=1S/C27H24ClN3O4S/c28-20-11-13-21(14-12-20)30-27-31(15-5-8-18-6-2-1-3-7-18)24(32)17-23(36-27)25(33)29-22-10-4-9-19(16-22)26(34)35/h1-4,6-7,9-14,16,23H,5,8,15,17H2,(H,29,33)(H,34,35). The van der Waals surface area contributed by atoms with E-state index in [1.54, 1.807) is 41.3 Å². The molecule has 1 atom stereocenters. The maximum absolute atomic E-state index is 13.2. The Kier molecular flexibility index (Phi) is 8.40. The molecule has 36 heavy (non-hydrogen) atoms. The first-order valence-electron chi connectivity index (χ1n) is 11.4. The number of rotatable bonds is 8. The Hall–Kier alpha value is -3.62. The van der Waals surface area contributed by atoms with Crippen LogP contribution < -0.4 is 5.32 Å². The van der Waals surface area contributed by atoms with Gasteiger partial charge in [-0.2, -0.15) is 0 Å². The van der Waals surface area contributed by atoms with Crippen molar-refractivity contribution in [2.45, 2.75) is 24.5 Å². The summed E-state index contributed by atoms with van der Waals surface area (Å²) in [6.45, 7) is 0.474. The number of amides is 2. The summed E-state index contributed by atoms with van der Waals surface area (Å²) in [5.74, 6) is -1.66. The number of anilines is 1. The van der Waals surface area contributed by atoms with Crippen LogP contribution in [0.1, 0.15) is 28.8 Å². The highest BCUT2D eigenvalue weighted by Gasteiger charge is 2.35. The second-order valence-electron chi connectivity index (χ2n) is 8.19. The molecule has 1 saturated heterocycles. The fourth-order valence-electron chi connectivity index (χ4n) is 3.73. The lowest BCUT2D eigenvalue weighted by atomic mass is 10.1. The molecular formula is C27H24ClN3O4S. The van der Waals surface area contributed by atoms with Gasteiger partial charge >= 0.3 is 5.97 Å². The number of amidine groups is 1. The number of hydrogen-bond donors (Lipinski definition) is 2. The van der Waals surface area contributed by atoms with Gasteiger partial charge in [0.1, 0.15) is 5.25 Å².